The zero-order valence-corrected chi connectivity index (χ0v) is 15.3. The Bertz CT molecular complexity index is 885. The zero-order chi connectivity index (χ0) is 18.6. The number of piperidine rings is 1. The molecule has 1 saturated carbocycles. The lowest BCUT2D eigenvalue weighted by atomic mass is 9.54. The van der Waals surface area contributed by atoms with Crippen LogP contribution in [0, 0.1) is 11.8 Å². The molecule has 2 bridgehead atoms. The first-order valence-electron chi connectivity index (χ1n) is 9.88. The predicted molar refractivity (Wildman–Crippen MR) is 97.8 cm³/mol. The highest BCUT2D eigenvalue weighted by Gasteiger charge is 2.75. The molecule has 2 saturated heterocycles. The van der Waals surface area contributed by atoms with Crippen molar-refractivity contribution < 1.29 is 19.7 Å². The lowest BCUT2D eigenvalue weighted by Crippen LogP contribution is -2.72. The highest BCUT2D eigenvalue weighted by Crippen LogP contribution is 2.67. The summed E-state index contributed by atoms with van der Waals surface area (Å²) >= 11 is 0. The van der Waals surface area contributed by atoms with Crippen LogP contribution < -0.4 is 4.90 Å². The fourth-order valence-corrected chi connectivity index (χ4v) is 6.92. The van der Waals surface area contributed by atoms with Crippen LogP contribution in [-0.4, -0.2) is 58.6 Å². The SMILES string of the molecule is CC1OC=C2C3CC4(O)N(CCC45c4ccccc4N(C(=O)CO)C25)CC13. The molecule has 6 heteroatoms. The van der Waals surface area contributed by atoms with E-state index in [1.165, 1.54) is 0 Å². The van der Waals surface area contributed by atoms with Crippen molar-refractivity contribution in [1.82, 2.24) is 4.90 Å². The van der Waals surface area contributed by atoms with Gasteiger partial charge in [0.1, 0.15) is 12.3 Å². The number of rotatable bonds is 1. The normalized spacial score (nSPS) is 43.7. The molecule has 5 aliphatic rings. The van der Waals surface area contributed by atoms with Crippen molar-refractivity contribution in [3.8, 4) is 0 Å². The van der Waals surface area contributed by atoms with E-state index >= 15 is 0 Å². The minimum absolute atomic E-state index is 0.0992. The number of anilines is 1. The van der Waals surface area contributed by atoms with Gasteiger partial charge in [-0.15, -0.1) is 0 Å². The van der Waals surface area contributed by atoms with E-state index in [1.807, 2.05) is 30.5 Å². The molecule has 1 aromatic carbocycles. The number of benzene rings is 1. The summed E-state index contributed by atoms with van der Waals surface area (Å²) < 4.78 is 6.03. The van der Waals surface area contributed by atoms with E-state index in [-0.39, 0.29) is 24.0 Å². The maximum atomic E-state index is 12.9. The van der Waals surface area contributed by atoms with Crippen LogP contribution in [0.5, 0.6) is 0 Å². The van der Waals surface area contributed by atoms with Crippen LogP contribution in [0.1, 0.15) is 25.3 Å². The summed E-state index contributed by atoms with van der Waals surface area (Å²) in [5.74, 6) is 0.202. The van der Waals surface area contributed by atoms with Gasteiger partial charge in [0.2, 0.25) is 0 Å². The number of amides is 1. The van der Waals surface area contributed by atoms with Gasteiger partial charge in [-0.1, -0.05) is 18.2 Å². The van der Waals surface area contributed by atoms with Crippen LogP contribution in [0.2, 0.25) is 0 Å². The topological polar surface area (TPSA) is 73.2 Å². The second-order valence-corrected chi connectivity index (χ2v) is 8.76. The molecule has 2 N–H and O–H groups in total. The molecule has 3 fully saturated rings. The molecule has 1 aliphatic carbocycles. The second kappa shape index (κ2) is 4.93. The van der Waals surface area contributed by atoms with Gasteiger partial charge in [-0.3, -0.25) is 9.69 Å². The Morgan fingerprint density at radius 2 is 2.19 bits per heavy atom. The minimum atomic E-state index is -0.964. The summed E-state index contributed by atoms with van der Waals surface area (Å²) in [6.07, 6.45) is 3.44. The third-order valence-electron chi connectivity index (χ3n) is 8.01. The number of aliphatic hydroxyl groups excluding tert-OH is 1. The summed E-state index contributed by atoms with van der Waals surface area (Å²) in [5.41, 5.74) is 1.43. The highest BCUT2D eigenvalue weighted by atomic mass is 16.5. The fourth-order valence-electron chi connectivity index (χ4n) is 6.92. The van der Waals surface area contributed by atoms with Crippen molar-refractivity contribution in [2.45, 2.75) is 43.1 Å². The molecule has 4 heterocycles. The third-order valence-corrected chi connectivity index (χ3v) is 8.01. The molecule has 1 aromatic rings. The van der Waals surface area contributed by atoms with Gasteiger partial charge >= 0.3 is 0 Å². The van der Waals surface area contributed by atoms with Crippen LogP contribution in [0.15, 0.2) is 36.1 Å². The maximum absolute atomic E-state index is 12.9. The molecule has 6 atom stereocenters. The molecule has 142 valence electrons. The number of hydrogen-bond donors (Lipinski definition) is 2. The van der Waals surface area contributed by atoms with Gasteiger partial charge in [-0.2, -0.15) is 0 Å². The summed E-state index contributed by atoms with van der Waals surface area (Å²) in [6, 6.07) is 7.60. The maximum Gasteiger partial charge on any atom is 0.253 e. The van der Waals surface area contributed by atoms with Crippen molar-refractivity contribution in [2.24, 2.45) is 11.8 Å². The van der Waals surface area contributed by atoms with Gasteiger partial charge in [0.05, 0.1) is 23.8 Å². The summed E-state index contributed by atoms with van der Waals surface area (Å²) in [4.78, 5) is 16.8. The van der Waals surface area contributed by atoms with Crippen LogP contribution in [0.4, 0.5) is 5.69 Å². The summed E-state index contributed by atoms with van der Waals surface area (Å²) in [6.45, 7) is 3.19. The molecule has 6 nitrogen and oxygen atoms in total. The van der Waals surface area contributed by atoms with E-state index in [2.05, 4.69) is 11.8 Å². The molecule has 6 unspecified atom stereocenters. The van der Waals surface area contributed by atoms with E-state index in [1.54, 1.807) is 4.90 Å². The number of fused-ring (bicyclic) bond motifs is 2. The van der Waals surface area contributed by atoms with Crippen molar-refractivity contribution in [3.05, 3.63) is 41.7 Å². The molecule has 6 rings (SSSR count). The van der Waals surface area contributed by atoms with Gasteiger partial charge in [-0.25, -0.2) is 0 Å². The zero-order valence-electron chi connectivity index (χ0n) is 15.3. The molecule has 27 heavy (non-hydrogen) atoms. The van der Waals surface area contributed by atoms with Crippen LogP contribution in [0.25, 0.3) is 0 Å². The Kier molecular flexibility index (Phi) is 2.94. The van der Waals surface area contributed by atoms with Gasteiger partial charge in [0.15, 0.2) is 0 Å². The predicted octanol–water partition coefficient (Wildman–Crippen LogP) is 0.978. The quantitative estimate of drug-likeness (QED) is 0.773. The Labute approximate surface area is 158 Å². The molecule has 1 amide bonds. The average molecular weight is 368 g/mol. The van der Waals surface area contributed by atoms with Crippen LogP contribution in [-0.2, 0) is 14.9 Å². The Morgan fingerprint density at radius 3 is 3.00 bits per heavy atom. The van der Waals surface area contributed by atoms with Crippen molar-refractivity contribution in [3.63, 3.8) is 0 Å². The molecule has 1 spiro atoms. The number of aliphatic hydroxyl groups is 2. The first kappa shape index (κ1) is 16.1. The van der Waals surface area contributed by atoms with Crippen LogP contribution in [0.3, 0.4) is 0 Å². The number of carbonyl (C=O) groups is 1. The molecular formula is C21H24N2O4. The third kappa shape index (κ3) is 1.59. The Morgan fingerprint density at radius 1 is 1.37 bits per heavy atom. The van der Waals surface area contributed by atoms with E-state index < -0.39 is 17.7 Å². The van der Waals surface area contributed by atoms with Gasteiger partial charge < -0.3 is 19.8 Å². The van der Waals surface area contributed by atoms with E-state index in [4.69, 9.17) is 4.74 Å². The fraction of sp³-hybridized carbons (Fsp3) is 0.571. The molecule has 0 aromatic heterocycles. The van der Waals surface area contributed by atoms with Crippen molar-refractivity contribution in [1.29, 1.82) is 0 Å². The number of hydrogen-bond acceptors (Lipinski definition) is 5. The number of nitrogens with zero attached hydrogens (tertiary/aromatic N) is 2. The summed E-state index contributed by atoms with van der Waals surface area (Å²) in [7, 11) is 0. The second-order valence-electron chi connectivity index (χ2n) is 8.76. The number of para-hydroxylation sites is 1. The van der Waals surface area contributed by atoms with E-state index in [0.29, 0.717) is 12.3 Å². The van der Waals surface area contributed by atoms with Crippen molar-refractivity contribution >= 4 is 11.6 Å². The monoisotopic (exact) mass is 368 g/mol. The molecular weight excluding hydrogens is 344 g/mol. The highest BCUT2D eigenvalue weighted by molar-refractivity contribution is 5.99. The van der Waals surface area contributed by atoms with Gasteiger partial charge in [-0.05, 0) is 42.9 Å². The number of carbonyl (C=O) groups excluding carboxylic acids is 1. The van der Waals surface area contributed by atoms with Gasteiger partial charge in [0.25, 0.3) is 5.91 Å². The smallest absolute Gasteiger partial charge is 0.253 e. The van der Waals surface area contributed by atoms with E-state index in [9.17, 15) is 15.0 Å². The van der Waals surface area contributed by atoms with Crippen LogP contribution >= 0.6 is 0 Å². The lowest BCUT2D eigenvalue weighted by molar-refractivity contribution is -0.198. The average Bonchev–Trinajstić information content (AvgIpc) is 3.16. The molecule has 4 aliphatic heterocycles. The molecule has 0 radical (unpaired) electrons. The van der Waals surface area contributed by atoms with Crippen molar-refractivity contribution in [2.75, 3.05) is 24.6 Å². The lowest BCUT2D eigenvalue weighted by Gasteiger charge is -2.61. The van der Waals surface area contributed by atoms with Gasteiger partial charge in [0, 0.05) is 24.7 Å². The largest absolute Gasteiger partial charge is 0.498 e. The summed E-state index contributed by atoms with van der Waals surface area (Å²) in [5, 5.41) is 21.8. The van der Waals surface area contributed by atoms with E-state index in [0.717, 1.165) is 36.3 Å². The first-order valence-corrected chi connectivity index (χ1v) is 9.88. The minimum Gasteiger partial charge on any atom is -0.498 e. The first-order chi connectivity index (χ1) is 13.0. The number of ether oxygens (including phenoxy) is 1. The standard InChI is InChI=1S/C21H24N2O4/c1-12-14-9-22-7-6-20-16-4-2-3-5-17(16)23(18(25)10-24)19(20)15(11-27-12)13(14)8-21(20,22)26/h2-5,11-14,19,24,26H,6-10H2,1H3. The Balaban J connectivity index is 1.66. The Hall–Kier alpha value is -1.89.